The smallest absolute Gasteiger partial charge is 0.187 e. The van der Waals surface area contributed by atoms with E-state index in [1.54, 1.807) is 12.1 Å². The van der Waals surface area contributed by atoms with Crippen molar-refractivity contribution >= 4 is 35.1 Å². The Morgan fingerprint density at radius 2 is 2.24 bits per heavy atom. The standard InChI is InChI=1S/C11H14ClN3OS/c1-7(2)14-11(17)15-13-6-8-5-9(12)3-4-10(8)16/h3-7,16H,1-2H3,(H2,14,15,17)/b13-6+. The van der Waals surface area contributed by atoms with Gasteiger partial charge in [0.2, 0.25) is 0 Å². The molecule has 0 atom stereocenters. The maximum atomic E-state index is 9.52. The summed E-state index contributed by atoms with van der Waals surface area (Å²) >= 11 is 10.8. The Morgan fingerprint density at radius 3 is 2.88 bits per heavy atom. The first-order valence-corrected chi connectivity index (χ1v) is 5.85. The van der Waals surface area contributed by atoms with Crippen molar-refractivity contribution in [3.8, 4) is 5.75 Å². The van der Waals surface area contributed by atoms with Gasteiger partial charge in [-0.2, -0.15) is 5.10 Å². The van der Waals surface area contributed by atoms with E-state index in [0.29, 0.717) is 15.7 Å². The van der Waals surface area contributed by atoms with Gasteiger partial charge in [0.05, 0.1) is 6.21 Å². The van der Waals surface area contributed by atoms with Crippen LogP contribution in [-0.4, -0.2) is 22.5 Å². The normalized spacial score (nSPS) is 10.8. The van der Waals surface area contributed by atoms with Crippen molar-refractivity contribution in [3.63, 3.8) is 0 Å². The molecule has 0 fully saturated rings. The number of hydrogen-bond donors (Lipinski definition) is 3. The second kappa shape index (κ2) is 6.42. The van der Waals surface area contributed by atoms with Gasteiger partial charge in [-0.3, -0.25) is 5.43 Å². The average Bonchev–Trinajstić information content (AvgIpc) is 2.22. The molecule has 0 bridgehead atoms. The predicted molar refractivity (Wildman–Crippen MR) is 74.7 cm³/mol. The van der Waals surface area contributed by atoms with Gasteiger partial charge in [0.25, 0.3) is 0 Å². The molecule has 3 N–H and O–H groups in total. The van der Waals surface area contributed by atoms with Gasteiger partial charge >= 0.3 is 0 Å². The minimum absolute atomic E-state index is 0.114. The fourth-order valence-corrected chi connectivity index (χ4v) is 1.55. The molecule has 1 aromatic carbocycles. The first-order chi connectivity index (χ1) is 7.99. The zero-order valence-electron chi connectivity index (χ0n) is 9.57. The summed E-state index contributed by atoms with van der Waals surface area (Å²) in [5, 5.41) is 17.4. The second-order valence-electron chi connectivity index (χ2n) is 3.70. The first-order valence-electron chi connectivity index (χ1n) is 5.07. The number of phenolic OH excluding ortho intramolecular Hbond substituents is 1. The molecule has 6 heteroatoms. The van der Waals surface area contributed by atoms with Crippen LogP contribution in [0.3, 0.4) is 0 Å². The van der Waals surface area contributed by atoms with E-state index in [1.165, 1.54) is 12.3 Å². The van der Waals surface area contributed by atoms with Crippen LogP contribution in [0.15, 0.2) is 23.3 Å². The summed E-state index contributed by atoms with van der Waals surface area (Å²) in [6.45, 7) is 3.95. The third-order valence-electron chi connectivity index (χ3n) is 1.78. The molecule has 0 aliphatic rings. The van der Waals surface area contributed by atoms with E-state index >= 15 is 0 Å². The molecule has 0 aliphatic carbocycles. The summed E-state index contributed by atoms with van der Waals surface area (Å²) in [4.78, 5) is 0. The van der Waals surface area contributed by atoms with Gasteiger partial charge in [-0.15, -0.1) is 0 Å². The van der Waals surface area contributed by atoms with E-state index in [0.717, 1.165) is 0 Å². The van der Waals surface area contributed by atoms with Crippen molar-refractivity contribution in [1.82, 2.24) is 10.7 Å². The lowest BCUT2D eigenvalue weighted by Crippen LogP contribution is -2.36. The molecule has 0 heterocycles. The summed E-state index contributed by atoms with van der Waals surface area (Å²) in [5.74, 6) is 0.114. The van der Waals surface area contributed by atoms with Gasteiger partial charge in [-0.1, -0.05) is 11.6 Å². The van der Waals surface area contributed by atoms with Crippen molar-refractivity contribution in [3.05, 3.63) is 28.8 Å². The number of phenols is 1. The monoisotopic (exact) mass is 271 g/mol. The van der Waals surface area contributed by atoms with Crippen LogP contribution in [0.4, 0.5) is 0 Å². The van der Waals surface area contributed by atoms with Crippen LogP contribution in [0.2, 0.25) is 5.02 Å². The average molecular weight is 272 g/mol. The third-order valence-corrected chi connectivity index (χ3v) is 2.22. The minimum Gasteiger partial charge on any atom is -0.507 e. The lowest BCUT2D eigenvalue weighted by atomic mass is 10.2. The third kappa shape index (κ3) is 5.01. The van der Waals surface area contributed by atoms with E-state index in [1.807, 2.05) is 13.8 Å². The number of benzene rings is 1. The fourth-order valence-electron chi connectivity index (χ4n) is 1.08. The van der Waals surface area contributed by atoms with Crippen molar-refractivity contribution in [1.29, 1.82) is 0 Å². The maximum Gasteiger partial charge on any atom is 0.187 e. The summed E-state index contributed by atoms with van der Waals surface area (Å²) in [7, 11) is 0. The van der Waals surface area contributed by atoms with E-state index < -0.39 is 0 Å². The molecule has 92 valence electrons. The molecule has 0 spiro atoms. The Morgan fingerprint density at radius 1 is 1.53 bits per heavy atom. The number of hydrogen-bond acceptors (Lipinski definition) is 3. The molecule has 0 aliphatic heterocycles. The van der Waals surface area contributed by atoms with Gasteiger partial charge in [-0.25, -0.2) is 0 Å². The molecule has 1 rings (SSSR count). The van der Waals surface area contributed by atoms with Crippen LogP contribution in [0.1, 0.15) is 19.4 Å². The Labute approximate surface area is 111 Å². The van der Waals surface area contributed by atoms with Crippen LogP contribution in [0.25, 0.3) is 0 Å². The van der Waals surface area contributed by atoms with Crippen molar-refractivity contribution in [2.24, 2.45) is 5.10 Å². The zero-order chi connectivity index (χ0) is 12.8. The number of rotatable bonds is 3. The second-order valence-corrected chi connectivity index (χ2v) is 4.55. The van der Waals surface area contributed by atoms with Crippen molar-refractivity contribution < 1.29 is 5.11 Å². The molecular formula is C11H14ClN3OS. The van der Waals surface area contributed by atoms with E-state index in [-0.39, 0.29) is 11.8 Å². The van der Waals surface area contributed by atoms with Gasteiger partial charge < -0.3 is 10.4 Å². The fraction of sp³-hybridized carbons (Fsp3) is 0.273. The molecule has 1 aromatic rings. The van der Waals surface area contributed by atoms with E-state index in [9.17, 15) is 5.11 Å². The van der Waals surface area contributed by atoms with E-state index in [4.69, 9.17) is 23.8 Å². The number of aromatic hydroxyl groups is 1. The predicted octanol–water partition coefficient (Wildman–Crippen LogP) is 2.25. The maximum absolute atomic E-state index is 9.52. The van der Waals surface area contributed by atoms with Gasteiger partial charge in [0, 0.05) is 16.6 Å². The number of halogens is 1. The van der Waals surface area contributed by atoms with Crippen LogP contribution in [0.5, 0.6) is 5.75 Å². The molecule has 0 amide bonds. The topological polar surface area (TPSA) is 56.7 Å². The lowest BCUT2D eigenvalue weighted by molar-refractivity contribution is 0.474. The highest BCUT2D eigenvalue weighted by atomic mass is 35.5. The molecule has 0 aromatic heterocycles. The Bertz CT molecular complexity index is 435. The Hall–Kier alpha value is -1.33. The summed E-state index contributed by atoms with van der Waals surface area (Å²) in [5.41, 5.74) is 3.17. The quantitative estimate of drug-likeness (QED) is 0.448. The summed E-state index contributed by atoms with van der Waals surface area (Å²) in [6.07, 6.45) is 1.45. The largest absolute Gasteiger partial charge is 0.507 e. The highest BCUT2D eigenvalue weighted by Crippen LogP contribution is 2.19. The van der Waals surface area contributed by atoms with Gasteiger partial charge in [-0.05, 0) is 44.3 Å². The minimum atomic E-state index is 0.114. The van der Waals surface area contributed by atoms with E-state index in [2.05, 4.69) is 15.8 Å². The van der Waals surface area contributed by atoms with Crippen LogP contribution < -0.4 is 10.7 Å². The van der Waals surface area contributed by atoms with Crippen LogP contribution in [-0.2, 0) is 0 Å². The molecule has 0 saturated heterocycles. The molecule has 0 saturated carbocycles. The lowest BCUT2D eigenvalue weighted by Gasteiger charge is -2.09. The van der Waals surface area contributed by atoms with Gasteiger partial charge in [0.1, 0.15) is 5.75 Å². The molecular weight excluding hydrogens is 258 g/mol. The molecule has 17 heavy (non-hydrogen) atoms. The van der Waals surface area contributed by atoms with Gasteiger partial charge in [0.15, 0.2) is 5.11 Å². The molecule has 0 unspecified atom stereocenters. The summed E-state index contributed by atoms with van der Waals surface area (Å²) in [6, 6.07) is 4.96. The zero-order valence-corrected chi connectivity index (χ0v) is 11.1. The first kappa shape index (κ1) is 13.7. The molecule has 4 nitrogen and oxygen atoms in total. The number of nitrogens with zero attached hydrogens (tertiary/aromatic N) is 1. The van der Waals surface area contributed by atoms with Crippen molar-refractivity contribution in [2.45, 2.75) is 19.9 Å². The Kier molecular flexibility index (Phi) is 5.18. The van der Waals surface area contributed by atoms with Crippen LogP contribution in [0, 0.1) is 0 Å². The SMILES string of the molecule is CC(C)NC(=S)N/N=C/c1cc(Cl)ccc1O. The van der Waals surface area contributed by atoms with Crippen LogP contribution >= 0.6 is 23.8 Å². The number of hydrazone groups is 1. The highest BCUT2D eigenvalue weighted by molar-refractivity contribution is 7.80. The highest BCUT2D eigenvalue weighted by Gasteiger charge is 1.99. The number of thiocarbonyl (C=S) groups is 1. The number of nitrogens with one attached hydrogen (secondary N) is 2. The Balaban J connectivity index is 2.59. The molecule has 0 radical (unpaired) electrons. The van der Waals surface area contributed by atoms with Crippen molar-refractivity contribution in [2.75, 3.05) is 0 Å². The summed E-state index contributed by atoms with van der Waals surface area (Å²) < 4.78 is 0.